The molecule has 1 unspecified atom stereocenters. The summed E-state index contributed by atoms with van der Waals surface area (Å²) in [5, 5.41) is 0. The van der Waals surface area contributed by atoms with Crippen LogP contribution in [0.4, 0.5) is 0 Å². The Hall–Kier alpha value is -0.930. The second-order valence-electron chi connectivity index (χ2n) is 3.65. The summed E-state index contributed by atoms with van der Waals surface area (Å²) in [7, 11) is 0. The number of aryl methyl sites for hydroxylation is 1. The molecule has 2 rings (SSSR count). The molecule has 0 amide bonds. The normalized spacial score (nSPS) is 15.4. The molecule has 1 heterocycles. The molecule has 0 aliphatic carbocycles. The van der Waals surface area contributed by atoms with Gasteiger partial charge in [0.2, 0.25) is 6.79 Å². The first kappa shape index (κ1) is 10.6. The van der Waals surface area contributed by atoms with Crippen molar-refractivity contribution in [2.24, 2.45) is 5.73 Å². The maximum absolute atomic E-state index is 6.02. The highest BCUT2D eigenvalue weighted by molar-refractivity contribution is 6.17. The quantitative estimate of drug-likeness (QED) is 0.807. The Bertz CT molecular complexity index is 368. The molecular weight excluding hydrogens is 214 g/mol. The van der Waals surface area contributed by atoms with Crippen LogP contribution in [0.2, 0.25) is 0 Å². The fourth-order valence-corrected chi connectivity index (χ4v) is 1.97. The topological polar surface area (TPSA) is 44.5 Å². The second-order valence-corrected chi connectivity index (χ2v) is 4.02. The van der Waals surface area contributed by atoms with E-state index in [0.717, 1.165) is 29.0 Å². The molecule has 3 nitrogen and oxygen atoms in total. The largest absolute Gasteiger partial charge is 0.454 e. The van der Waals surface area contributed by atoms with E-state index in [1.807, 2.05) is 19.1 Å². The van der Waals surface area contributed by atoms with Crippen LogP contribution in [0.5, 0.6) is 11.5 Å². The number of hydrogen-bond donors (Lipinski definition) is 1. The number of benzene rings is 1. The van der Waals surface area contributed by atoms with Crippen molar-refractivity contribution in [3.63, 3.8) is 0 Å². The lowest BCUT2D eigenvalue weighted by Gasteiger charge is -2.14. The third kappa shape index (κ3) is 2.03. The summed E-state index contributed by atoms with van der Waals surface area (Å²) >= 11 is 5.68. The van der Waals surface area contributed by atoms with Crippen LogP contribution in [-0.4, -0.2) is 12.7 Å². The summed E-state index contributed by atoms with van der Waals surface area (Å²) in [6.07, 6.45) is 0.766. The van der Waals surface area contributed by atoms with Crippen LogP contribution in [0.3, 0.4) is 0 Å². The van der Waals surface area contributed by atoms with Gasteiger partial charge < -0.3 is 15.2 Å². The van der Waals surface area contributed by atoms with E-state index < -0.39 is 0 Å². The molecule has 2 N–H and O–H groups in total. The predicted octanol–water partition coefficient (Wildman–Crippen LogP) is 2.35. The van der Waals surface area contributed by atoms with Crippen LogP contribution in [0.25, 0.3) is 0 Å². The van der Waals surface area contributed by atoms with Gasteiger partial charge in [0.05, 0.1) is 0 Å². The molecule has 82 valence electrons. The first-order valence-electron chi connectivity index (χ1n) is 4.94. The van der Waals surface area contributed by atoms with E-state index in [2.05, 4.69) is 0 Å². The minimum absolute atomic E-state index is 0.0306. The lowest BCUT2D eigenvalue weighted by Crippen LogP contribution is -2.12. The highest BCUT2D eigenvalue weighted by Gasteiger charge is 2.18. The highest BCUT2D eigenvalue weighted by Crippen LogP contribution is 2.36. The zero-order valence-electron chi connectivity index (χ0n) is 8.63. The van der Waals surface area contributed by atoms with Crippen molar-refractivity contribution in [1.29, 1.82) is 0 Å². The lowest BCUT2D eigenvalue weighted by atomic mass is 9.99. The van der Waals surface area contributed by atoms with Gasteiger partial charge in [0, 0.05) is 11.9 Å². The van der Waals surface area contributed by atoms with Crippen molar-refractivity contribution in [2.75, 3.05) is 12.7 Å². The number of fused-ring (bicyclic) bond motifs is 1. The SMILES string of the molecule is Cc1cc2c(cc1C(N)CCCl)OCO2. The van der Waals surface area contributed by atoms with Crippen LogP contribution < -0.4 is 15.2 Å². The fourth-order valence-electron chi connectivity index (χ4n) is 1.73. The van der Waals surface area contributed by atoms with Crippen molar-refractivity contribution in [3.05, 3.63) is 23.3 Å². The molecule has 0 aromatic heterocycles. The Kier molecular flexibility index (Phi) is 3.03. The van der Waals surface area contributed by atoms with Crippen molar-refractivity contribution >= 4 is 11.6 Å². The number of nitrogens with two attached hydrogens (primary N) is 1. The number of halogens is 1. The predicted molar refractivity (Wildman–Crippen MR) is 59.6 cm³/mol. The van der Waals surface area contributed by atoms with Gasteiger partial charge in [-0.25, -0.2) is 0 Å². The third-order valence-electron chi connectivity index (χ3n) is 2.58. The van der Waals surface area contributed by atoms with Crippen LogP contribution in [0.1, 0.15) is 23.6 Å². The second kappa shape index (κ2) is 4.29. The summed E-state index contributed by atoms with van der Waals surface area (Å²) in [6.45, 7) is 2.31. The van der Waals surface area contributed by atoms with Gasteiger partial charge >= 0.3 is 0 Å². The van der Waals surface area contributed by atoms with Crippen LogP contribution in [-0.2, 0) is 0 Å². The monoisotopic (exact) mass is 227 g/mol. The van der Waals surface area contributed by atoms with E-state index in [4.69, 9.17) is 26.8 Å². The molecule has 0 bridgehead atoms. The number of alkyl halides is 1. The number of ether oxygens (including phenoxy) is 2. The molecule has 0 saturated heterocycles. The zero-order valence-corrected chi connectivity index (χ0v) is 9.38. The van der Waals surface area contributed by atoms with E-state index in [0.29, 0.717) is 12.7 Å². The lowest BCUT2D eigenvalue weighted by molar-refractivity contribution is 0.174. The summed E-state index contributed by atoms with van der Waals surface area (Å²) in [5.74, 6) is 2.14. The highest BCUT2D eigenvalue weighted by atomic mass is 35.5. The molecule has 0 radical (unpaired) electrons. The van der Waals surface area contributed by atoms with Crippen LogP contribution in [0.15, 0.2) is 12.1 Å². The average molecular weight is 228 g/mol. The van der Waals surface area contributed by atoms with Gasteiger partial charge in [-0.05, 0) is 36.6 Å². The van der Waals surface area contributed by atoms with Gasteiger partial charge in [-0.1, -0.05) is 0 Å². The minimum Gasteiger partial charge on any atom is -0.454 e. The molecule has 1 aromatic carbocycles. The zero-order chi connectivity index (χ0) is 10.8. The number of hydrogen-bond acceptors (Lipinski definition) is 3. The maximum Gasteiger partial charge on any atom is 0.231 e. The standard InChI is InChI=1S/C11H14ClNO2/c1-7-4-10-11(15-6-14-10)5-8(7)9(13)2-3-12/h4-5,9H,2-3,6,13H2,1H3. The molecule has 1 aliphatic rings. The first-order chi connectivity index (χ1) is 7.22. The molecule has 1 atom stereocenters. The smallest absolute Gasteiger partial charge is 0.231 e. The van der Waals surface area contributed by atoms with Crippen LogP contribution in [0, 0.1) is 6.92 Å². The van der Waals surface area contributed by atoms with E-state index in [1.165, 1.54) is 0 Å². The van der Waals surface area contributed by atoms with Crippen LogP contribution >= 0.6 is 11.6 Å². The third-order valence-corrected chi connectivity index (χ3v) is 2.80. The van der Waals surface area contributed by atoms with E-state index in [1.54, 1.807) is 0 Å². The Morgan fingerprint density at radius 3 is 2.73 bits per heavy atom. The molecule has 1 aromatic rings. The molecule has 1 aliphatic heterocycles. The minimum atomic E-state index is -0.0306. The van der Waals surface area contributed by atoms with Gasteiger partial charge in [0.15, 0.2) is 11.5 Å². The van der Waals surface area contributed by atoms with Crippen molar-refractivity contribution in [2.45, 2.75) is 19.4 Å². The summed E-state index contributed by atoms with van der Waals surface area (Å²) in [5.41, 5.74) is 8.22. The molecule has 15 heavy (non-hydrogen) atoms. The Morgan fingerprint density at radius 2 is 2.07 bits per heavy atom. The van der Waals surface area contributed by atoms with Crippen molar-refractivity contribution in [3.8, 4) is 11.5 Å². The van der Waals surface area contributed by atoms with Crippen molar-refractivity contribution < 1.29 is 9.47 Å². The van der Waals surface area contributed by atoms with E-state index in [-0.39, 0.29) is 6.04 Å². The molecule has 0 spiro atoms. The van der Waals surface area contributed by atoms with Gasteiger partial charge in [0.25, 0.3) is 0 Å². The van der Waals surface area contributed by atoms with E-state index in [9.17, 15) is 0 Å². The average Bonchev–Trinajstić information content (AvgIpc) is 2.63. The van der Waals surface area contributed by atoms with Gasteiger partial charge in [-0.15, -0.1) is 11.6 Å². The molecule has 0 saturated carbocycles. The number of rotatable bonds is 3. The van der Waals surface area contributed by atoms with Gasteiger partial charge in [0.1, 0.15) is 0 Å². The van der Waals surface area contributed by atoms with E-state index >= 15 is 0 Å². The first-order valence-corrected chi connectivity index (χ1v) is 5.47. The summed E-state index contributed by atoms with van der Waals surface area (Å²) in [6, 6.07) is 3.89. The van der Waals surface area contributed by atoms with Gasteiger partial charge in [-0.3, -0.25) is 0 Å². The maximum atomic E-state index is 6.02. The molecule has 0 fully saturated rings. The summed E-state index contributed by atoms with van der Waals surface area (Å²) in [4.78, 5) is 0. The Balaban J connectivity index is 2.31. The Morgan fingerprint density at radius 1 is 1.40 bits per heavy atom. The fraction of sp³-hybridized carbons (Fsp3) is 0.455. The molecule has 4 heteroatoms. The van der Waals surface area contributed by atoms with Gasteiger partial charge in [-0.2, -0.15) is 0 Å². The summed E-state index contributed by atoms with van der Waals surface area (Å²) < 4.78 is 10.6. The Labute approximate surface area is 94.1 Å². The van der Waals surface area contributed by atoms with Crippen molar-refractivity contribution in [1.82, 2.24) is 0 Å². The molecular formula is C11H14ClNO2.